The fourth-order valence-corrected chi connectivity index (χ4v) is 4.71. The first-order valence-corrected chi connectivity index (χ1v) is 12.2. The lowest BCUT2D eigenvalue weighted by molar-refractivity contribution is -0.126. The van der Waals surface area contributed by atoms with Gasteiger partial charge < -0.3 is 14.6 Å². The lowest BCUT2D eigenvalue weighted by Gasteiger charge is -2.34. The van der Waals surface area contributed by atoms with Crippen molar-refractivity contribution in [2.24, 2.45) is 11.8 Å². The largest absolute Gasteiger partial charge is 0.436 e. The van der Waals surface area contributed by atoms with E-state index in [0.717, 1.165) is 24.0 Å². The van der Waals surface area contributed by atoms with Gasteiger partial charge in [0.15, 0.2) is 5.58 Å². The summed E-state index contributed by atoms with van der Waals surface area (Å²) in [6, 6.07) is 25.1. The third kappa shape index (κ3) is 5.11. The fraction of sp³-hybridized carbons (Fsp3) is 0.276. The molecule has 6 heteroatoms. The molecule has 3 aromatic carbocycles. The van der Waals surface area contributed by atoms with Crippen molar-refractivity contribution in [1.82, 2.24) is 15.2 Å². The minimum absolute atomic E-state index is 0.00390. The first-order valence-electron chi connectivity index (χ1n) is 12.2. The molecule has 1 aromatic heterocycles. The number of nitrogens with one attached hydrogen (secondary N) is 1. The number of likely N-dealkylation sites (tertiary alicyclic amines) is 1. The lowest BCUT2D eigenvalue weighted by Crippen LogP contribution is -2.42. The second-order valence-corrected chi connectivity index (χ2v) is 9.19. The van der Waals surface area contributed by atoms with Crippen LogP contribution in [0.4, 0.5) is 0 Å². The van der Waals surface area contributed by atoms with Crippen molar-refractivity contribution in [3.8, 4) is 11.5 Å². The maximum atomic E-state index is 13.2. The maximum absolute atomic E-state index is 13.2. The molecule has 6 nitrogen and oxygen atoms in total. The van der Waals surface area contributed by atoms with Crippen LogP contribution in [0.3, 0.4) is 0 Å². The number of amides is 2. The maximum Gasteiger partial charge on any atom is 0.253 e. The number of piperidine rings is 1. The van der Waals surface area contributed by atoms with Crippen molar-refractivity contribution in [1.29, 1.82) is 0 Å². The zero-order chi connectivity index (χ0) is 24.2. The molecule has 1 fully saturated rings. The number of hydrogen-bond acceptors (Lipinski definition) is 4. The van der Waals surface area contributed by atoms with Gasteiger partial charge >= 0.3 is 0 Å². The third-order valence-electron chi connectivity index (χ3n) is 6.91. The Bertz CT molecular complexity index is 1310. The Hall–Kier alpha value is -3.93. The van der Waals surface area contributed by atoms with Crippen molar-refractivity contribution >= 4 is 22.9 Å². The summed E-state index contributed by atoms with van der Waals surface area (Å²) >= 11 is 0. The van der Waals surface area contributed by atoms with Crippen LogP contribution in [-0.2, 0) is 11.3 Å². The normalized spacial score (nSPS) is 15.2. The number of fused-ring (bicyclic) bond motifs is 1. The molecular formula is C29H29N3O3. The van der Waals surface area contributed by atoms with Gasteiger partial charge in [-0.1, -0.05) is 55.5 Å². The molecule has 4 aromatic rings. The number of carbonyl (C=O) groups is 2. The fourth-order valence-electron chi connectivity index (χ4n) is 4.71. The van der Waals surface area contributed by atoms with Crippen LogP contribution in [0, 0.1) is 11.8 Å². The van der Waals surface area contributed by atoms with Crippen LogP contribution in [0.1, 0.15) is 35.7 Å². The van der Waals surface area contributed by atoms with Gasteiger partial charge in [0.2, 0.25) is 11.8 Å². The highest BCUT2D eigenvalue weighted by atomic mass is 16.3. The van der Waals surface area contributed by atoms with Crippen LogP contribution >= 0.6 is 0 Å². The van der Waals surface area contributed by atoms with Gasteiger partial charge in [-0.3, -0.25) is 9.59 Å². The Morgan fingerprint density at radius 2 is 1.69 bits per heavy atom. The van der Waals surface area contributed by atoms with Gasteiger partial charge in [0.1, 0.15) is 5.52 Å². The van der Waals surface area contributed by atoms with Gasteiger partial charge in [-0.15, -0.1) is 0 Å². The number of hydrogen-bond donors (Lipinski definition) is 1. The van der Waals surface area contributed by atoms with Crippen LogP contribution in [0.25, 0.3) is 22.6 Å². The number of carbonyl (C=O) groups excluding carboxylic acids is 2. The van der Waals surface area contributed by atoms with Gasteiger partial charge in [-0.05, 0) is 54.7 Å². The summed E-state index contributed by atoms with van der Waals surface area (Å²) in [6.07, 6.45) is 1.63. The van der Waals surface area contributed by atoms with E-state index in [-0.39, 0.29) is 23.7 Å². The second-order valence-electron chi connectivity index (χ2n) is 9.19. The molecule has 5 rings (SSSR count). The molecule has 0 spiro atoms. The quantitative estimate of drug-likeness (QED) is 0.418. The standard InChI is InChI=1S/C29H29N3O3/c1-20(27(33)30-19-21-8-4-2-5-9-21)22-14-16-32(17-15-22)29(34)24-12-13-26-25(18-24)31-28(35-26)23-10-6-3-7-11-23/h2-13,18,20,22H,14-17,19H2,1H3,(H,30,33). The SMILES string of the molecule is CC(C(=O)NCc1ccccc1)C1CCN(C(=O)c2ccc3oc(-c4ccccc4)nc3c2)CC1. The predicted octanol–water partition coefficient (Wildman–Crippen LogP) is 5.30. The molecule has 0 aliphatic carbocycles. The number of nitrogens with zero attached hydrogens (tertiary/aromatic N) is 2. The Balaban J connectivity index is 1.18. The summed E-state index contributed by atoms with van der Waals surface area (Å²) in [5.74, 6) is 0.797. The highest BCUT2D eigenvalue weighted by molar-refractivity contribution is 5.97. The summed E-state index contributed by atoms with van der Waals surface area (Å²) in [5.41, 5.74) is 3.94. The van der Waals surface area contributed by atoms with E-state index in [2.05, 4.69) is 10.3 Å². The minimum Gasteiger partial charge on any atom is -0.436 e. The molecular weight excluding hydrogens is 438 g/mol. The zero-order valence-corrected chi connectivity index (χ0v) is 19.8. The van der Waals surface area contributed by atoms with E-state index in [1.165, 1.54) is 0 Å². The smallest absolute Gasteiger partial charge is 0.253 e. The Kier molecular flexibility index (Phi) is 6.62. The summed E-state index contributed by atoms with van der Waals surface area (Å²) < 4.78 is 5.87. The van der Waals surface area contributed by atoms with Crippen LogP contribution < -0.4 is 5.32 Å². The van der Waals surface area contributed by atoms with E-state index >= 15 is 0 Å². The minimum atomic E-state index is -0.0844. The predicted molar refractivity (Wildman–Crippen MR) is 136 cm³/mol. The summed E-state index contributed by atoms with van der Waals surface area (Å²) in [5, 5.41) is 3.05. The Labute approximate surface area is 205 Å². The van der Waals surface area contributed by atoms with Crippen molar-refractivity contribution in [3.63, 3.8) is 0 Å². The van der Waals surface area contributed by atoms with Crippen molar-refractivity contribution in [2.75, 3.05) is 13.1 Å². The van der Waals surface area contributed by atoms with Crippen molar-refractivity contribution in [2.45, 2.75) is 26.3 Å². The van der Waals surface area contributed by atoms with E-state index < -0.39 is 0 Å². The molecule has 178 valence electrons. The highest BCUT2D eigenvalue weighted by Crippen LogP contribution is 2.28. The number of aromatic nitrogens is 1. The van der Waals surface area contributed by atoms with Crippen LogP contribution in [0.2, 0.25) is 0 Å². The molecule has 1 unspecified atom stereocenters. The molecule has 0 bridgehead atoms. The number of oxazole rings is 1. The molecule has 1 saturated heterocycles. The van der Waals surface area contributed by atoms with E-state index in [4.69, 9.17) is 4.42 Å². The van der Waals surface area contributed by atoms with Gasteiger partial charge in [-0.25, -0.2) is 4.98 Å². The average Bonchev–Trinajstić information content (AvgIpc) is 3.36. The molecule has 2 heterocycles. The Morgan fingerprint density at radius 3 is 2.40 bits per heavy atom. The summed E-state index contributed by atoms with van der Waals surface area (Å²) in [6.45, 7) is 3.82. The molecule has 1 aliphatic heterocycles. The van der Waals surface area contributed by atoms with Gasteiger partial charge in [0.05, 0.1) is 0 Å². The monoisotopic (exact) mass is 467 g/mol. The first kappa shape index (κ1) is 22.8. The van der Waals surface area contributed by atoms with Gasteiger partial charge in [0, 0.05) is 36.7 Å². The molecule has 2 amide bonds. The van der Waals surface area contributed by atoms with Crippen molar-refractivity contribution in [3.05, 3.63) is 90.0 Å². The first-order chi connectivity index (χ1) is 17.1. The highest BCUT2D eigenvalue weighted by Gasteiger charge is 2.30. The number of benzene rings is 3. The topological polar surface area (TPSA) is 75.4 Å². The Morgan fingerprint density at radius 1 is 1.00 bits per heavy atom. The molecule has 1 N–H and O–H groups in total. The van der Waals surface area contributed by atoms with E-state index in [9.17, 15) is 9.59 Å². The molecule has 0 radical (unpaired) electrons. The van der Waals surface area contributed by atoms with Gasteiger partial charge in [-0.2, -0.15) is 0 Å². The van der Waals surface area contributed by atoms with Crippen LogP contribution in [0.5, 0.6) is 0 Å². The van der Waals surface area contributed by atoms with E-state index in [1.807, 2.05) is 78.6 Å². The number of rotatable bonds is 6. The van der Waals surface area contributed by atoms with E-state index in [1.54, 1.807) is 12.1 Å². The van der Waals surface area contributed by atoms with Gasteiger partial charge in [0.25, 0.3) is 5.91 Å². The average molecular weight is 468 g/mol. The molecule has 35 heavy (non-hydrogen) atoms. The molecule has 1 atom stereocenters. The summed E-state index contributed by atoms with van der Waals surface area (Å²) in [7, 11) is 0. The van der Waals surface area contributed by atoms with Crippen molar-refractivity contribution < 1.29 is 14.0 Å². The molecule has 1 aliphatic rings. The third-order valence-corrected chi connectivity index (χ3v) is 6.91. The second kappa shape index (κ2) is 10.1. The molecule has 0 saturated carbocycles. The zero-order valence-electron chi connectivity index (χ0n) is 19.8. The summed E-state index contributed by atoms with van der Waals surface area (Å²) in [4.78, 5) is 32.3. The lowest BCUT2D eigenvalue weighted by atomic mass is 9.84. The van der Waals surface area contributed by atoms with Crippen LogP contribution in [0.15, 0.2) is 83.3 Å². The van der Waals surface area contributed by atoms with E-state index in [0.29, 0.717) is 42.2 Å². The van der Waals surface area contributed by atoms with Crippen LogP contribution in [-0.4, -0.2) is 34.8 Å².